The van der Waals surface area contributed by atoms with Crippen LogP contribution in [0.15, 0.2) is 54.2 Å². The van der Waals surface area contributed by atoms with Crippen LogP contribution in [0.1, 0.15) is 56.3 Å². The van der Waals surface area contributed by atoms with E-state index in [0.717, 1.165) is 43.3 Å². The number of carbonyl (C=O) groups is 2. The third-order valence-corrected chi connectivity index (χ3v) is 7.68. The van der Waals surface area contributed by atoms with E-state index in [1.807, 2.05) is 34.6 Å². The van der Waals surface area contributed by atoms with Crippen molar-refractivity contribution in [2.24, 2.45) is 4.99 Å². The van der Waals surface area contributed by atoms with Gasteiger partial charge < -0.3 is 24.2 Å². The molecule has 0 spiro atoms. The molecule has 4 heterocycles. The number of rotatable bonds is 6. The Labute approximate surface area is 234 Å². The number of imidazole rings is 1. The predicted molar refractivity (Wildman–Crippen MR) is 150 cm³/mol. The van der Waals surface area contributed by atoms with Crippen LogP contribution in [-0.4, -0.2) is 74.3 Å². The van der Waals surface area contributed by atoms with Crippen molar-refractivity contribution in [2.75, 3.05) is 26.2 Å². The molecule has 40 heavy (non-hydrogen) atoms. The number of piperidine rings is 1. The maximum absolute atomic E-state index is 13.3. The van der Waals surface area contributed by atoms with Crippen LogP contribution >= 0.6 is 0 Å². The molecule has 0 bridgehead atoms. The first kappa shape index (κ1) is 27.4. The first-order valence-corrected chi connectivity index (χ1v) is 13.9. The standard InChI is InChI=1S/C30H36N6O4/c1-4-27(38)35-15-6-5-8-23(19-35)36-28-25(32-30(36)33-29(39)22-11-14-31-20(2)18-22)9-7-10-26(28)40-24-12-16-34(17-13-24)21(3)37/h4,7,9-11,14,18,23-24H,1,5-6,8,12-13,15-17,19H2,2-3H3,(H,32,33,39)/p-1/t23-/m1/s1. The van der Waals surface area contributed by atoms with Gasteiger partial charge in [-0.15, -0.1) is 0 Å². The second kappa shape index (κ2) is 11.9. The molecule has 0 saturated carbocycles. The van der Waals surface area contributed by atoms with Gasteiger partial charge >= 0.3 is 0 Å². The van der Waals surface area contributed by atoms with E-state index < -0.39 is 5.90 Å². The number of benzene rings is 1. The zero-order chi connectivity index (χ0) is 28.2. The van der Waals surface area contributed by atoms with E-state index in [2.05, 4.69) is 16.6 Å². The van der Waals surface area contributed by atoms with Gasteiger partial charge in [-0.1, -0.05) is 12.6 Å². The van der Waals surface area contributed by atoms with Crippen molar-refractivity contribution in [3.8, 4) is 5.75 Å². The van der Waals surface area contributed by atoms with Crippen LogP contribution in [-0.2, 0) is 9.59 Å². The second-order valence-electron chi connectivity index (χ2n) is 10.5. The lowest BCUT2D eigenvalue weighted by Gasteiger charge is -2.32. The minimum absolute atomic E-state index is 0.0562. The lowest BCUT2D eigenvalue weighted by Crippen LogP contribution is -2.40. The Balaban J connectivity index is 1.58. The molecule has 0 radical (unpaired) electrons. The SMILES string of the molecule is C=CC(=O)N1CCCC[C@@H](n2c(/N=C(\[O-])c3ccnc(C)c3)nc3cccc(OC4CCN(C(C)=O)CC4)c32)C1. The summed E-state index contributed by atoms with van der Waals surface area (Å²) in [5.41, 5.74) is 2.58. The Kier molecular flexibility index (Phi) is 8.14. The largest absolute Gasteiger partial charge is 0.858 e. The summed E-state index contributed by atoms with van der Waals surface area (Å²) < 4.78 is 8.53. The molecule has 0 N–H and O–H groups in total. The van der Waals surface area contributed by atoms with Gasteiger partial charge in [0.2, 0.25) is 17.8 Å². The van der Waals surface area contributed by atoms with Crippen molar-refractivity contribution in [1.82, 2.24) is 24.3 Å². The number of carbonyl (C=O) groups excluding carboxylic acids is 2. The highest BCUT2D eigenvalue weighted by molar-refractivity contribution is 5.93. The molecule has 10 nitrogen and oxygen atoms in total. The summed E-state index contributed by atoms with van der Waals surface area (Å²) in [5.74, 6) is 0.493. The molecule has 1 aromatic carbocycles. The van der Waals surface area contributed by atoms with Crippen LogP contribution in [0.5, 0.6) is 5.75 Å². The first-order valence-electron chi connectivity index (χ1n) is 13.9. The Bertz CT molecular complexity index is 1440. The normalized spacial score (nSPS) is 18.9. The molecule has 2 aliphatic heterocycles. The monoisotopic (exact) mass is 543 g/mol. The Hall–Kier alpha value is -4.21. The minimum atomic E-state index is -0.409. The fourth-order valence-corrected chi connectivity index (χ4v) is 5.59. The highest BCUT2D eigenvalue weighted by Gasteiger charge is 2.28. The number of aromatic nitrogens is 3. The zero-order valence-electron chi connectivity index (χ0n) is 23.1. The molecule has 2 aromatic heterocycles. The number of likely N-dealkylation sites (tertiary alicyclic amines) is 2. The molecule has 0 unspecified atom stereocenters. The van der Waals surface area contributed by atoms with E-state index in [0.29, 0.717) is 43.0 Å². The van der Waals surface area contributed by atoms with Gasteiger partial charge in [-0.3, -0.25) is 14.6 Å². The predicted octanol–water partition coefficient (Wildman–Crippen LogP) is 3.31. The molecule has 1 atom stereocenters. The molecule has 2 aliphatic rings. The zero-order valence-corrected chi connectivity index (χ0v) is 23.1. The highest BCUT2D eigenvalue weighted by atomic mass is 16.5. The van der Waals surface area contributed by atoms with Crippen molar-refractivity contribution >= 4 is 34.7 Å². The number of hydrogen-bond acceptors (Lipinski definition) is 7. The number of amides is 2. The molecule has 210 valence electrons. The van der Waals surface area contributed by atoms with Crippen molar-refractivity contribution in [3.63, 3.8) is 0 Å². The van der Waals surface area contributed by atoms with Crippen LogP contribution < -0.4 is 9.84 Å². The molecular weight excluding hydrogens is 508 g/mol. The third-order valence-electron chi connectivity index (χ3n) is 7.68. The number of para-hydroxylation sites is 1. The first-order chi connectivity index (χ1) is 19.3. The van der Waals surface area contributed by atoms with Crippen LogP contribution in [0, 0.1) is 6.92 Å². The number of hydrogen-bond donors (Lipinski definition) is 0. The average molecular weight is 544 g/mol. The topological polar surface area (TPSA) is 116 Å². The summed E-state index contributed by atoms with van der Waals surface area (Å²) in [6.07, 6.45) is 6.92. The van der Waals surface area contributed by atoms with E-state index >= 15 is 0 Å². The van der Waals surface area contributed by atoms with E-state index in [4.69, 9.17) is 9.72 Å². The van der Waals surface area contributed by atoms with Gasteiger partial charge in [0.15, 0.2) is 0 Å². The number of nitrogens with zero attached hydrogens (tertiary/aromatic N) is 6. The van der Waals surface area contributed by atoms with Gasteiger partial charge in [0, 0.05) is 57.8 Å². The number of fused-ring (bicyclic) bond motifs is 1. The van der Waals surface area contributed by atoms with E-state index in [9.17, 15) is 14.7 Å². The highest BCUT2D eigenvalue weighted by Crippen LogP contribution is 2.37. The Morgan fingerprint density at radius 3 is 2.65 bits per heavy atom. The number of aryl methyl sites for hydroxylation is 1. The van der Waals surface area contributed by atoms with E-state index in [1.165, 1.54) is 6.08 Å². The quantitative estimate of drug-likeness (QED) is 0.268. The number of ether oxygens (including phenoxy) is 1. The van der Waals surface area contributed by atoms with Crippen LogP contribution in [0.4, 0.5) is 5.95 Å². The summed E-state index contributed by atoms with van der Waals surface area (Å²) in [5, 5.41) is 13.3. The summed E-state index contributed by atoms with van der Waals surface area (Å²) in [4.78, 5) is 41.5. The molecule has 2 fully saturated rings. The van der Waals surface area contributed by atoms with E-state index in [1.54, 1.807) is 30.2 Å². The Morgan fingerprint density at radius 2 is 1.93 bits per heavy atom. The van der Waals surface area contributed by atoms with Crippen molar-refractivity contribution in [2.45, 2.75) is 58.1 Å². The lowest BCUT2D eigenvalue weighted by atomic mass is 10.1. The van der Waals surface area contributed by atoms with Crippen molar-refractivity contribution < 1.29 is 19.4 Å². The lowest BCUT2D eigenvalue weighted by molar-refractivity contribution is -0.212. The molecule has 3 aromatic rings. The number of aliphatic imine (C=N–C) groups is 1. The summed E-state index contributed by atoms with van der Waals surface area (Å²) in [7, 11) is 0. The van der Waals surface area contributed by atoms with Crippen LogP contribution in [0.3, 0.4) is 0 Å². The van der Waals surface area contributed by atoms with Gasteiger partial charge in [0.25, 0.3) is 0 Å². The molecule has 10 heteroatoms. The summed E-state index contributed by atoms with van der Waals surface area (Å²) in [6, 6.07) is 8.88. The average Bonchev–Trinajstić information content (AvgIpc) is 3.14. The molecule has 5 rings (SSSR count). The summed E-state index contributed by atoms with van der Waals surface area (Å²) in [6.45, 7) is 9.49. The van der Waals surface area contributed by atoms with Gasteiger partial charge in [0.1, 0.15) is 17.4 Å². The molecule has 0 aliphatic carbocycles. The fraction of sp³-hybridized carbons (Fsp3) is 0.433. The maximum atomic E-state index is 13.3. The van der Waals surface area contributed by atoms with Gasteiger partial charge in [-0.25, -0.2) is 9.98 Å². The molecule has 2 amide bonds. The van der Waals surface area contributed by atoms with Crippen LogP contribution in [0.2, 0.25) is 0 Å². The van der Waals surface area contributed by atoms with Gasteiger partial charge in [-0.2, -0.15) is 0 Å². The maximum Gasteiger partial charge on any atom is 0.246 e. The second-order valence-corrected chi connectivity index (χ2v) is 10.5. The summed E-state index contributed by atoms with van der Waals surface area (Å²) >= 11 is 0. The van der Waals surface area contributed by atoms with Crippen molar-refractivity contribution in [1.29, 1.82) is 0 Å². The third kappa shape index (κ3) is 5.85. The number of pyridine rings is 1. The smallest absolute Gasteiger partial charge is 0.246 e. The van der Waals surface area contributed by atoms with E-state index in [-0.39, 0.29) is 29.9 Å². The molecular formula is C30H35N6O4-. The van der Waals surface area contributed by atoms with Gasteiger partial charge in [-0.05, 0) is 68.0 Å². The Morgan fingerprint density at radius 1 is 1.12 bits per heavy atom. The van der Waals surface area contributed by atoms with Crippen LogP contribution in [0.25, 0.3) is 11.0 Å². The van der Waals surface area contributed by atoms with Gasteiger partial charge in [0.05, 0.1) is 11.6 Å². The van der Waals surface area contributed by atoms with Crippen molar-refractivity contribution in [3.05, 3.63) is 60.4 Å². The fourth-order valence-electron chi connectivity index (χ4n) is 5.59. The molecule has 2 saturated heterocycles. The minimum Gasteiger partial charge on any atom is -0.858 e.